The summed E-state index contributed by atoms with van der Waals surface area (Å²) in [5.41, 5.74) is 4.71. The second kappa shape index (κ2) is 5.91. The van der Waals surface area contributed by atoms with E-state index in [1.54, 1.807) is 18.5 Å². The Morgan fingerprint density at radius 2 is 1.96 bits per heavy atom. The van der Waals surface area contributed by atoms with E-state index >= 15 is 0 Å². The van der Waals surface area contributed by atoms with E-state index in [2.05, 4.69) is 15.8 Å². The SMILES string of the molecule is O=C(NNc1ccccc1C(F)(F)F)[C@@H]1C[C@H]1c1cccnc1. The molecule has 2 aromatic rings. The number of para-hydroxylation sites is 1. The highest BCUT2D eigenvalue weighted by molar-refractivity contribution is 5.84. The molecule has 0 unspecified atom stereocenters. The maximum atomic E-state index is 12.9. The summed E-state index contributed by atoms with van der Waals surface area (Å²) < 4.78 is 38.6. The molecule has 23 heavy (non-hydrogen) atoms. The Morgan fingerprint density at radius 3 is 2.65 bits per heavy atom. The number of pyridine rings is 1. The van der Waals surface area contributed by atoms with E-state index in [4.69, 9.17) is 0 Å². The Labute approximate surface area is 130 Å². The van der Waals surface area contributed by atoms with Crippen LogP contribution in [0.1, 0.15) is 23.5 Å². The molecule has 0 aliphatic heterocycles. The van der Waals surface area contributed by atoms with E-state index in [9.17, 15) is 18.0 Å². The molecule has 0 radical (unpaired) electrons. The van der Waals surface area contributed by atoms with Crippen molar-refractivity contribution in [2.24, 2.45) is 5.92 Å². The molecule has 0 saturated heterocycles. The van der Waals surface area contributed by atoms with Gasteiger partial charge in [0.1, 0.15) is 0 Å². The summed E-state index contributed by atoms with van der Waals surface area (Å²) in [5, 5.41) is 0. The van der Waals surface area contributed by atoms with Crippen LogP contribution in [0.5, 0.6) is 0 Å². The molecule has 0 spiro atoms. The number of nitrogens with zero attached hydrogens (tertiary/aromatic N) is 1. The monoisotopic (exact) mass is 321 g/mol. The van der Waals surface area contributed by atoms with Crippen molar-refractivity contribution in [1.82, 2.24) is 10.4 Å². The summed E-state index contributed by atoms with van der Waals surface area (Å²) in [5.74, 6) is -0.496. The first-order chi connectivity index (χ1) is 11.0. The third kappa shape index (κ3) is 3.44. The third-order valence-corrected chi connectivity index (χ3v) is 3.79. The molecular formula is C16H14F3N3O. The van der Waals surface area contributed by atoms with Gasteiger partial charge < -0.3 is 0 Å². The average Bonchev–Trinajstić information content (AvgIpc) is 3.33. The number of carbonyl (C=O) groups excluding carboxylic acids is 1. The summed E-state index contributed by atoms with van der Waals surface area (Å²) in [7, 11) is 0. The number of hydrogen-bond donors (Lipinski definition) is 2. The Bertz CT molecular complexity index is 703. The molecule has 1 fully saturated rings. The zero-order valence-electron chi connectivity index (χ0n) is 12.0. The van der Waals surface area contributed by atoms with Gasteiger partial charge in [0, 0.05) is 18.3 Å². The summed E-state index contributed by atoms with van der Waals surface area (Å²) in [6.45, 7) is 0. The van der Waals surface area contributed by atoms with Crippen LogP contribution in [0.25, 0.3) is 0 Å². The Morgan fingerprint density at radius 1 is 1.17 bits per heavy atom. The fourth-order valence-electron chi connectivity index (χ4n) is 2.51. The van der Waals surface area contributed by atoms with Gasteiger partial charge in [-0.15, -0.1) is 0 Å². The van der Waals surface area contributed by atoms with Gasteiger partial charge >= 0.3 is 6.18 Å². The molecule has 3 rings (SSSR count). The number of rotatable bonds is 4. The minimum atomic E-state index is -4.48. The van der Waals surface area contributed by atoms with Crippen molar-refractivity contribution in [2.75, 3.05) is 5.43 Å². The van der Waals surface area contributed by atoms with Gasteiger partial charge in [0.15, 0.2) is 0 Å². The van der Waals surface area contributed by atoms with Crippen LogP contribution in [0.3, 0.4) is 0 Å². The van der Waals surface area contributed by atoms with Crippen molar-refractivity contribution >= 4 is 11.6 Å². The summed E-state index contributed by atoms with van der Waals surface area (Å²) in [4.78, 5) is 16.0. The summed E-state index contributed by atoms with van der Waals surface area (Å²) in [6, 6.07) is 8.69. The van der Waals surface area contributed by atoms with Crippen LogP contribution in [-0.4, -0.2) is 10.9 Å². The Hall–Kier alpha value is -2.57. The lowest BCUT2D eigenvalue weighted by Gasteiger charge is -2.14. The zero-order valence-corrected chi connectivity index (χ0v) is 12.0. The first-order valence-corrected chi connectivity index (χ1v) is 7.09. The lowest BCUT2D eigenvalue weighted by molar-refractivity contribution is -0.137. The van der Waals surface area contributed by atoms with E-state index in [1.807, 2.05) is 6.07 Å². The predicted molar refractivity (Wildman–Crippen MR) is 78.3 cm³/mol. The number of nitrogens with one attached hydrogen (secondary N) is 2. The van der Waals surface area contributed by atoms with E-state index in [0.29, 0.717) is 6.42 Å². The molecule has 1 aliphatic rings. The number of aromatic nitrogens is 1. The maximum Gasteiger partial charge on any atom is 0.418 e. The fourth-order valence-corrected chi connectivity index (χ4v) is 2.51. The highest BCUT2D eigenvalue weighted by atomic mass is 19.4. The second-order valence-electron chi connectivity index (χ2n) is 5.39. The maximum absolute atomic E-state index is 12.9. The molecule has 4 nitrogen and oxygen atoms in total. The van der Waals surface area contributed by atoms with Gasteiger partial charge in [0.05, 0.1) is 11.3 Å². The van der Waals surface area contributed by atoms with Crippen LogP contribution in [0.2, 0.25) is 0 Å². The van der Waals surface area contributed by atoms with E-state index < -0.39 is 11.7 Å². The molecule has 1 amide bonds. The number of amides is 1. The molecule has 1 aromatic carbocycles. The van der Waals surface area contributed by atoms with Gasteiger partial charge in [0.25, 0.3) is 0 Å². The zero-order chi connectivity index (χ0) is 16.4. The molecule has 120 valence electrons. The van der Waals surface area contributed by atoms with E-state index in [-0.39, 0.29) is 23.4 Å². The van der Waals surface area contributed by atoms with Crippen molar-refractivity contribution < 1.29 is 18.0 Å². The van der Waals surface area contributed by atoms with Crippen LogP contribution in [-0.2, 0) is 11.0 Å². The van der Waals surface area contributed by atoms with Crippen LogP contribution >= 0.6 is 0 Å². The molecule has 0 bridgehead atoms. The third-order valence-electron chi connectivity index (χ3n) is 3.79. The molecule has 1 aliphatic carbocycles. The quantitative estimate of drug-likeness (QED) is 0.849. The summed E-state index contributed by atoms with van der Waals surface area (Å²) in [6.07, 6.45) is -0.465. The highest BCUT2D eigenvalue weighted by Gasteiger charge is 2.44. The number of carbonyl (C=O) groups is 1. The van der Waals surface area contributed by atoms with Gasteiger partial charge in [-0.3, -0.25) is 20.6 Å². The van der Waals surface area contributed by atoms with Crippen LogP contribution < -0.4 is 10.9 Å². The number of hydrazine groups is 1. The standard InChI is InChI=1S/C16H14F3N3O/c17-16(18,19)13-5-1-2-6-14(13)21-22-15(23)12-8-11(12)10-4-3-7-20-9-10/h1-7,9,11-12,21H,8H2,(H,22,23)/t11-,12+/m0/s1. The van der Waals surface area contributed by atoms with Crippen LogP contribution in [0.4, 0.5) is 18.9 Å². The molecule has 1 aromatic heterocycles. The minimum Gasteiger partial charge on any atom is -0.298 e. The molecular weight excluding hydrogens is 307 g/mol. The number of benzene rings is 1. The lowest BCUT2D eigenvalue weighted by Crippen LogP contribution is -2.32. The largest absolute Gasteiger partial charge is 0.418 e. The predicted octanol–water partition coefficient (Wildman–Crippen LogP) is 3.35. The fraction of sp³-hybridized carbons (Fsp3) is 0.250. The molecule has 2 atom stereocenters. The average molecular weight is 321 g/mol. The number of anilines is 1. The smallest absolute Gasteiger partial charge is 0.298 e. The first-order valence-electron chi connectivity index (χ1n) is 7.09. The molecule has 1 saturated carbocycles. The van der Waals surface area contributed by atoms with E-state index in [1.165, 1.54) is 18.2 Å². The number of halogens is 3. The van der Waals surface area contributed by atoms with Crippen molar-refractivity contribution in [2.45, 2.75) is 18.5 Å². The Balaban J connectivity index is 1.61. The van der Waals surface area contributed by atoms with Crippen molar-refractivity contribution in [3.05, 3.63) is 59.9 Å². The number of alkyl halides is 3. The van der Waals surface area contributed by atoms with Crippen LogP contribution in [0, 0.1) is 5.92 Å². The molecule has 7 heteroatoms. The van der Waals surface area contributed by atoms with Crippen molar-refractivity contribution in [1.29, 1.82) is 0 Å². The highest BCUT2D eigenvalue weighted by Crippen LogP contribution is 2.47. The van der Waals surface area contributed by atoms with Gasteiger partial charge in [-0.05, 0) is 36.1 Å². The van der Waals surface area contributed by atoms with Gasteiger partial charge in [-0.25, -0.2) is 0 Å². The Kier molecular flexibility index (Phi) is 3.94. The van der Waals surface area contributed by atoms with Gasteiger partial charge in [-0.1, -0.05) is 18.2 Å². The second-order valence-corrected chi connectivity index (χ2v) is 5.39. The van der Waals surface area contributed by atoms with Crippen LogP contribution in [0.15, 0.2) is 48.8 Å². The molecule has 2 N–H and O–H groups in total. The minimum absolute atomic E-state index is 0.0726. The summed E-state index contributed by atoms with van der Waals surface area (Å²) >= 11 is 0. The van der Waals surface area contributed by atoms with Gasteiger partial charge in [-0.2, -0.15) is 13.2 Å². The normalized spacial score (nSPS) is 20.0. The van der Waals surface area contributed by atoms with Gasteiger partial charge in [0.2, 0.25) is 5.91 Å². The van der Waals surface area contributed by atoms with E-state index in [0.717, 1.165) is 11.6 Å². The first kappa shape index (κ1) is 15.3. The lowest BCUT2D eigenvalue weighted by atomic mass is 10.1. The topological polar surface area (TPSA) is 54.0 Å². The van der Waals surface area contributed by atoms with Crippen molar-refractivity contribution in [3.8, 4) is 0 Å². The van der Waals surface area contributed by atoms with Crippen molar-refractivity contribution in [3.63, 3.8) is 0 Å². The molecule has 1 heterocycles. The number of hydrogen-bond acceptors (Lipinski definition) is 3.